The van der Waals surface area contributed by atoms with Gasteiger partial charge in [-0.15, -0.1) is 0 Å². The number of hydrogen-bond donors (Lipinski definition) is 3. The molecular weight excluding hydrogens is 368 g/mol. The Kier molecular flexibility index (Phi) is 4.31. The minimum Gasteiger partial charge on any atom is -0.507 e. The molecular formula is C18H13ClN6O2. The van der Waals surface area contributed by atoms with E-state index in [9.17, 15) is 9.90 Å². The zero-order valence-corrected chi connectivity index (χ0v) is 14.6. The third-order valence-corrected chi connectivity index (χ3v) is 4.10. The van der Waals surface area contributed by atoms with Crippen LogP contribution in [0.3, 0.4) is 0 Å². The molecule has 4 aromatic rings. The maximum Gasteiger partial charge on any atom is 0.273 e. The molecule has 0 radical (unpaired) electrons. The van der Waals surface area contributed by atoms with Crippen molar-refractivity contribution in [3.05, 3.63) is 71.6 Å². The fourth-order valence-electron chi connectivity index (χ4n) is 2.59. The first-order valence-corrected chi connectivity index (χ1v) is 8.30. The number of phenols is 1. The lowest BCUT2D eigenvalue weighted by Gasteiger charge is -2.09. The summed E-state index contributed by atoms with van der Waals surface area (Å²) in [6.45, 7) is 0. The molecule has 0 unspecified atom stereocenters. The highest BCUT2D eigenvalue weighted by Crippen LogP contribution is 2.23. The van der Waals surface area contributed by atoms with Crippen molar-refractivity contribution < 1.29 is 9.90 Å². The van der Waals surface area contributed by atoms with Crippen LogP contribution in [0.2, 0.25) is 5.02 Å². The second-order valence-electron chi connectivity index (χ2n) is 5.59. The van der Waals surface area contributed by atoms with E-state index >= 15 is 0 Å². The van der Waals surface area contributed by atoms with E-state index < -0.39 is 5.91 Å². The molecule has 0 spiro atoms. The minimum atomic E-state index is -0.498. The number of rotatable bonds is 4. The molecule has 1 amide bonds. The number of fused-ring (bicyclic) bond motifs is 1. The van der Waals surface area contributed by atoms with Crippen molar-refractivity contribution in [2.45, 2.75) is 0 Å². The van der Waals surface area contributed by atoms with Crippen molar-refractivity contribution in [1.82, 2.24) is 25.2 Å². The summed E-state index contributed by atoms with van der Waals surface area (Å²) in [4.78, 5) is 20.6. The summed E-state index contributed by atoms with van der Waals surface area (Å²) in [5.41, 5.74) is 6.70. The quantitative estimate of drug-likeness (QED) is 0.470. The Morgan fingerprint density at radius 3 is 2.78 bits per heavy atom. The number of anilines is 1. The van der Waals surface area contributed by atoms with Gasteiger partial charge in [-0.05, 0) is 30.3 Å². The number of phenolic OH excluding ortho intramolecular Hbond substituents is 1. The zero-order valence-electron chi connectivity index (χ0n) is 13.8. The van der Waals surface area contributed by atoms with Crippen molar-refractivity contribution in [2.75, 3.05) is 5.43 Å². The molecule has 2 aromatic carbocycles. The molecule has 27 heavy (non-hydrogen) atoms. The predicted molar refractivity (Wildman–Crippen MR) is 101 cm³/mol. The molecule has 2 heterocycles. The first-order valence-electron chi connectivity index (χ1n) is 7.92. The van der Waals surface area contributed by atoms with E-state index in [1.807, 2.05) is 12.1 Å². The van der Waals surface area contributed by atoms with Crippen molar-refractivity contribution in [3.8, 4) is 11.4 Å². The number of carbonyl (C=O) groups excluding carboxylic acids is 1. The Morgan fingerprint density at radius 2 is 1.96 bits per heavy atom. The van der Waals surface area contributed by atoms with Crippen molar-refractivity contribution in [2.24, 2.45) is 0 Å². The van der Waals surface area contributed by atoms with Crippen LogP contribution >= 0.6 is 11.6 Å². The van der Waals surface area contributed by atoms with Gasteiger partial charge in [-0.3, -0.25) is 15.6 Å². The van der Waals surface area contributed by atoms with E-state index in [0.29, 0.717) is 21.9 Å². The average molecular weight is 381 g/mol. The Morgan fingerprint density at radius 1 is 1.11 bits per heavy atom. The normalized spacial score (nSPS) is 10.7. The number of aromatic hydroxyl groups is 1. The highest BCUT2D eigenvalue weighted by molar-refractivity contribution is 6.30. The molecule has 9 heteroatoms. The van der Waals surface area contributed by atoms with Gasteiger partial charge in [0.25, 0.3) is 5.91 Å². The molecule has 0 aliphatic carbocycles. The molecule has 0 bridgehead atoms. The number of hydrazine groups is 1. The molecule has 3 N–H and O–H groups in total. The molecule has 2 aromatic heterocycles. The fraction of sp³-hybridized carbons (Fsp3) is 0. The number of nitrogens with zero attached hydrogens (tertiary/aromatic N) is 4. The first kappa shape index (κ1) is 16.8. The smallest absolute Gasteiger partial charge is 0.273 e. The minimum absolute atomic E-state index is 0.113. The number of amides is 1. The van der Waals surface area contributed by atoms with Gasteiger partial charge < -0.3 is 5.11 Å². The molecule has 0 aliphatic rings. The van der Waals surface area contributed by atoms with Gasteiger partial charge in [0.1, 0.15) is 12.1 Å². The highest BCUT2D eigenvalue weighted by Gasteiger charge is 2.14. The summed E-state index contributed by atoms with van der Waals surface area (Å²) in [6.07, 6.45) is 2.95. The van der Waals surface area contributed by atoms with Gasteiger partial charge in [0.2, 0.25) is 0 Å². The van der Waals surface area contributed by atoms with E-state index in [2.05, 4.69) is 25.9 Å². The molecule has 0 saturated carbocycles. The zero-order chi connectivity index (χ0) is 18.8. The van der Waals surface area contributed by atoms with Crippen LogP contribution in [-0.2, 0) is 0 Å². The van der Waals surface area contributed by atoms with Gasteiger partial charge in [0.15, 0.2) is 11.5 Å². The first-order chi connectivity index (χ1) is 13.1. The topological polar surface area (TPSA) is 105 Å². The van der Waals surface area contributed by atoms with Gasteiger partial charge in [0.05, 0.1) is 22.8 Å². The highest BCUT2D eigenvalue weighted by atomic mass is 35.5. The Balaban J connectivity index is 1.62. The monoisotopic (exact) mass is 380 g/mol. The van der Waals surface area contributed by atoms with E-state index in [1.165, 1.54) is 18.5 Å². The number of benzene rings is 2. The van der Waals surface area contributed by atoms with Crippen LogP contribution in [0.5, 0.6) is 5.75 Å². The van der Waals surface area contributed by atoms with Crippen LogP contribution in [0.15, 0.2) is 61.1 Å². The SMILES string of the molecule is O=C(NNc1ncnc2c1cnn2-c1cccc(Cl)c1)c1ccccc1O. The van der Waals surface area contributed by atoms with Crippen molar-refractivity contribution in [1.29, 1.82) is 0 Å². The Bertz CT molecular complexity index is 1140. The molecule has 0 fully saturated rings. The molecule has 0 aliphatic heterocycles. The summed E-state index contributed by atoms with van der Waals surface area (Å²) in [6, 6.07) is 13.5. The summed E-state index contributed by atoms with van der Waals surface area (Å²) < 4.78 is 1.62. The Labute approximate surface area is 158 Å². The van der Waals surface area contributed by atoms with Crippen LogP contribution in [0.1, 0.15) is 10.4 Å². The summed E-state index contributed by atoms with van der Waals surface area (Å²) in [5.74, 6) is -0.238. The van der Waals surface area contributed by atoms with Gasteiger partial charge in [-0.2, -0.15) is 5.10 Å². The third-order valence-electron chi connectivity index (χ3n) is 3.86. The molecule has 0 atom stereocenters. The van der Waals surface area contributed by atoms with E-state index in [0.717, 1.165) is 5.69 Å². The maximum absolute atomic E-state index is 12.2. The number of para-hydroxylation sites is 1. The summed E-state index contributed by atoms with van der Waals surface area (Å²) in [5, 5.41) is 15.3. The van der Waals surface area contributed by atoms with Crippen LogP contribution in [0.25, 0.3) is 16.7 Å². The van der Waals surface area contributed by atoms with Gasteiger partial charge in [-0.1, -0.05) is 29.8 Å². The average Bonchev–Trinajstić information content (AvgIpc) is 3.11. The lowest BCUT2D eigenvalue weighted by molar-refractivity contribution is 0.0960. The largest absolute Gasteiger partial charge is 0.507 e. The van der Waals surface area contributed by atoms with Crippen LogP contribution in [-0.4, -0.2) is 30.8 Å². The standard InChI is InChI=1S/C18H13ClN6O2/c19-11-4-3-5-12(8-11)25-17-14(9-22-25)16(20-10-21-17)23-24-18(27)13-6-1-2-7-15(13)26/h1-10,26H,(H,24,27)(H,20,21,23). The van der Waals surface area contributed by atoms with Gasteiger partial charge in [0, 0.05) is 5.02 Å². The lowest BCUT2D eigenvalue weighted by atomic mass is 10.2. The van der Waals surface area contributed by atoms with E-state index in [1.54, 1.807) is 35.1 Å². The number of nitrogens with one attached hydrogen (secondary N) is 2. The fourth-order valence-corrected chi connectivity index (χ4v) is 2.77. The lowest BCUT2D eigenvalue weighted by Crippen LogP contribution is -2.30. The molecule has 8 nitrogen and oxygen atoms in total. The van der Waals surface area contributed by atoms with Crippen LogP contribution < -0.4 is 10.9 Å². The summed E-state index contributed by atoms with van der Waals surface area (Å²) in [7, 11) is 0. The molecule has 134 valence electrons. The molecule has 0 saturated heterocycles. The number of aromatic nitrogens is 4. The third kappa shape index (κ3) is 3.25. The van der Waals surface area contributed by atoms with Crippen molar-refractivity contribution in [3.63, 3.8) is 0 Å². The van der Waals surface area contributed by atoms with Crippen LogP contribution in [0.4, 0.5) is 5.82 Å². The van der Waals surface area contributed by atoms with Crippen LogP contribution in [0, 0.1) is 0 Å². The number of carbonyl (C=O) groups is 1. The number of halogens is 1. The maximum atomic E-state index is 12.2. The predicted octanol–water partition coefficient (Wildman–Crippen LogP) is 2.93. The summed E-state index contributed by atoms with van der Waals surface area (Å²) >= 11 is 6.05. The second-order valence-corrected chi connectivity index (χ2v) is 6.03. The van der Waals surface area contributed by atoms with Gasteiger partial charge in [-0.25, -0.2) is 14.6 Å². The van der Waals surface area contributed by atoms with Gasteiger partial charge >= 0.3 is 0 Å². The molecule has 4 rings (SSSR count). The van der Waals surface area contributed by atoms with E-state index in [-0.39, 0.29) is 11.3 Å². The van der Waals surface area contributed by atoms with Crippen molar-refractivity contribution >= 4 is 34.4 Å². The van der Waals surface area contributed by atoms with E-state index in [4.69, 9.17) is 11.6 Å². The second kappa shape index (κ2) is 6.93. The number of hydrogen-bond acceptors (Lipinski definition) is 6. The Hall–Kier alpha value is -3.65.